The molecule has 2 rings (SSSR count). The number of esters is 1. The number of rotatable bonds is 2. The van der Waals surface area contributed by atoms with E-state index in [1.165, 1.54) is 7.11 Å². The molecule has 0 aromatic heterocycles. The van der Waals surface area contributed by atoms with Crippen molar-refractivity contribution in [3.8, 4) is 0 Å². The van der Waals surface area contributed by atoms with Crippen molar-refractivity contribution in [3.63, 3.8) is 0 Å². The normalized spacial score (nSPS) is 27.2. The third kappa shape index (κ3) is 2.19. The SMILES string of the molecule is COC(=O)C1CC(=O)N(C2CCNCC2)C1. The van der Waals surface area contributed by atoms with Crippen LogP contribution >= 0.6 is 0 Å². The van der Waals surface area contributed by atoms with Gasteiger partial charge >= 0.3 is 5.97 Å². The number of amides is 1. The minimum Gasteiger partial charge on any atom is -0.469 e. The van der Waals surface area contributed by atoms with Crippen molar-refractivity contribution in [3.05, 3.63) is 0 Å². The van der Waals surface area contributed by atoms with Gasteiger partial charge in [0.05, 0.1) is 13.0 Å². The molecule has 0 radical (unpaired) electrons. The minimum absolute atomic E-state index is 0.0994. The van der Waals surface area contributed by atoms with Crippen LogP contribution in [0.5, 0.6) is 0 Å². The Balaban J connectivity index is 1.96. The molecule has 2 heterocycles. The smallest absolute Gasteiger partial charge is 0.310 e. The summed E-state index contributed by atoms with van der Waals surface area (Å²) in [6.45, 7) is 2.45. The second kappa shape index (κ2) is 4.82. The molecule has 0 bridgehead atoms. The number of nitrogens with one attached hydrogen (secondary N) is 1. The number of nitrogens with zero attached hydrogens (tertiary/aromatic N) is 1. The lowest BCUT2D eigenvalue weighted by Crippen LogP contribution is -2.44. The predicted octanol–water partition coefficient (Wildman–Crippen LogP) is -0.240. The molecule has 2 aliphatic heterocycles. The van der Waals surface area contributed by atoms with Crippen LogP contribution in [0.2, 0.25) is 0 Å². The first-order valence-electron chi connectivity index (χ1n) is 5.80. The van der Waals surface area contributed by atoms with E-state index in [1.54, 1.807) is 0 Å². The molecule has 5 nitrogen and oxygen atoms in total. The van der Waals surface area contributed by atoms with Crippen LogP contribution in [0.1, 0.15) is 19.3 Å². The molecule has 1 unspecified atom stereocenters. The molecule has 1 N–H and O–H groups in total. The van der Waals surface area contributed by atoms with E-state index in [-0.39, 0.29) is 17.8 Å². The lowest BCUT2D eigenvalue weighted by atomic mass is 10.1. The van der Waals surface area contributed by atoms with E-state index in [9.17, 15) is 9.59 Å². The van der Waals surface area contributed by atoms with Crippen molar-refractivity contribution in [1.82, 2.24) is 10.2 Å². The van der Waals surface area contributed by atoms with E-state index in [2.05, 4.69) is 10.1 Å². The molecule has 0 aliphatic carbocycles. The number of likely N-dealkylation sites (tertiary alicyclic amines) is 1. The summed E-state index contributed by atoms with van der Waals surface area (Å²) >= 11 is 0. The fraction of sp³-hybridized carbons (Fsp3) is 0.818. The molecule has 0 aromatic rings. The summed E-state index contributed by atoms with van der Waals surface area (Å²) < 4.78 is 4.69. The second-order valence-electron chi connectivity index (χ2n) is 4.45. The predicted molar refractivity (Wildman–Crippen MR) is 57.7 cm³/mol. The van der Waals surface area contributed by atoms with Crippen LogP contribution in [0.4, 0.5) is 0 Å². The van der Waals surface area contributed by atoms with Gasteiger partial charge in [0, 0.05) is 19.0 Å². The highest BCUT2D eigenvalue weighted by Crippen LogP contribution is 2.24. The van der Waals surface area contributed by atoms with Gasteiger partial charge in [-0.2, -0.15) is 0 Å². The topological polar surface area (TPSA) is 58.6 Å². The van der Waals surface area contributed by atoms with Gasteiger partial charge in [-0.1, -0.05) is 0 Å². The highest BCUT2D eigenvalue weighted by molar-refractivity contribution is 5.87. The lowest BCUT2D eigenvalue weighted by molar-refractivity contribution is -0.145. The summed E-state index contributed by atoms with van der Waals surface area (Å²) in [5, 5.41) is 3.27. The van der Waals surface area contributed by atoms with Crippen LogP contribution in [0, 0.1) is 5.92 Å². The first kappa shape index (κ1) is 11.4. The summed E-state index contributed by atoms with van der Waals surface area (Å²) in [5.41, 5.74) is 0. The summed E-state index contributed by atoms with van der Waals surface area (Å²) in [6.07, 6.45) is 2.29. The van der Waals surface area contributed by atoms with Crippen molar-refractivity contribution >= 4 is 11.9 Å². The Labute approximate surface area is 95.1 Å². The number of methoxy groups -OCH3 is 1. The zero-order valence-corrected chi connectivity index (χ0v) is 9.57. The van der Waals surface area contributed by atoms with E-state index in [0.29, 0.717) is 19.0 Å². The molecular weight excluding hydrogens is 208 g/mol. The van der Waals surface area contributed by atoms with Crippen molar-refractivity contribution in [2.75, 3.05) is 26.7 Å². The number of piperidine rings is 1. The molecule has 0 spiro atoms. The van der Waals surface area contributed by atoms with Gasteiger partial charge in [-0.05, 0) is 25.9 Å². The highest BCUT2D eigenvalue weighted by Gasteiger charge is 2.38. The van der Waals surface area contributed by atoms with Gasteiger partial charge in [-0.3, -0.25) is 9.59 Å². The zero-order valence-electron chi connectivity index (χ0n) is 9.57. The van der Waals surface area contributed by atoms with Crippen molar-refractivity contribution in [2.24, 2.45) is 5.92 Å². The highest BCUT2D eigenvalue weighted by atomic mass is 16.5. The van der Waals surface area contributed by atoms with Crippen LogP contribution in [0.15, 0.2) is 0 Å². The summed E-state index contributed by atoms with van der Waals surface area (Å²) in [7, 11) is 1.37. The molecule has 2 saturated heterocycles. The zero-order chi connectivity index (χ0) is 11.5. The standard InChI is InChI=1S/C11H18N2O3/c1-16-11(15)8-6-10(14)13(7-8)9-2-4-12-5-3-9/h8-9,12H,2-7H2,1H3. The van der Waals surface area contributed by atoms with E-state index < -0.39 is 0 Å². The van der Waals surface area contributed by atoms with Crippen LogP contribution in [-0.4, -0.2) is 49.6 Å². The Hall–Kier alpha value is -1.10. The lowest BCUT2D eigenvalue weighted by Gasteiger charge is -2.31. The molecule has 0 saturated carbocycles. The van der Waals surface area contributed by atoms with Crippen molar-refractivity contribution in [1.29, 1.82) is 0 Å². The van der Waals surface area contributed by atoms with Crippen molar-refractivity contribution < 1.29 is 14.3 Å². The van der Waals surface area contributed by atoms with Crippen LogP contribution in [0.25, 0.3) is 0 Å². The molecular formula is C11H18N2O3. The molecule has 0 aromatic carbocycles. The minimum atomic E-state index is -0.259. The van der Waals surface area contributed by atoms with E-state index in [1.807, 2.05) is 4.90 Å². The monoisotopic (exact) mass is 226 g/mol. The quantitative estimate of drug-likeness (QED) is 0.660. The van der Waals surface area contributed by atoms with Crippen molar-refractivity contribution in [2.45, 2.75) is 25.3 Å². The summed E-state index contributed by atoms with van der Waals surface area (Å²) in [5.74, 6) is -0.417. The van der Waals surface area contributed by atoms with E-state index >= 15 is 0 Å². The molecule has 1 atom stereocenters. The average Bonchev–Trinajstić information content (AvgIpc) is 2.71. The van der Waals surface area contributed by atoms with Gasteiger partial charge in [0.2, 0.25) is 5.91 Å². The fourth-order valence-corrected chi connectivity index (χ4v) is 2.53. The molecule has 5 heteroatoms. The Morgan fingerprint density at radius 2 is 2.12 bits per heavy atom. The largest absolute Gasteiger partial charge is 0.469 e. The maximum absolute atomic E-state index is 11.8. The van der Waals surface area contributed by atoms with Crippen LogP contribution in [-0.2, 0) is 14.3 Å². The van der Waals surface area contributed by atoms with Crippen LogP contribution < -0.4 is 5.32 Å². The molecule has 16 heavy (non-hydrogen) atoms. The van der Waals surface area contributed by atoms with E-state index in [4.69, 9.17) is 0 Å². The van der Waals surface area contributed by atoms with Gasteiger partial charge in [0.25, 0.3) is 0 Å². The average molecular weight is 226 g/mol. The van der Waals surface area contributed by atoms with Gasteiger partial charge in [-0.25, -0.2) is 0 Å². The van der Waals surface area contributed by atoms with Gasteiger partial charge in [-0.15, -0.1) is 0 Å². The second-order valence-corrected chi connectivity index (χ2v) is 4.45. The van der Waals surface area contributed by atoms with Crippen LogP contribution in [0.3, 0.4) is 0 Å². The third-order valence-corrected chi connectivity index (χ3v) is 3.44. The Bertz CT molecular complexity index is 287. The first-order chi connectivity index (χ1) is 7.72. The molecule has 90 valence electrons. The number of hydrogen-bond acceptors (Lipinski definition) is 4. The molecule has 2 fully saturated rings. The van der Waals surface area contributed by atoms with E-state index in [0.717, 1.165) is 25.9 Å². The van der Waals surface area contributed by atoms with Gasteiger partial charge in [0.15, 0.2) is 0 Å². The number of carbonyl (C=O) groups is 2. The number of ether oxygens (including phenoxy) is 1. The Kier molecular flexibility index (Phi) is 3.43. The maximum Gasteiger partial charge on any atom is 0.310 e. The third-order valence-electron chi connectivity index (χ3n) is 3.44. The first-order valence-corrected chi connectivity index (χ1v) is 5.80. The molecule has 1 amide bonds. The summed E-state index contributed by atoms with van der Waals surface area (Å²) in [6, 6.07) is 0.309. The summed E-state index contributed by atoms with van der Waals surface area (Å²) in [4.78, 5) is 25.0. The number of carbonyl (C=O) groups excluding carboxylic acids is 2. The van der Waals surface area contributed by atoms with Gasteiger partial charge in [0.1, 0.15) is 0 Å². The fourth-order valence-electron chi connectivity index (χ4n) is 2.53. The molecule has 2 aliphatic rings. The number of hydrogen-bond donors (Lipinski definition) is 1. The van der Waals surface area contributed by atoms with Gasteiger partial charge < -0.3 is 15.0 Å². The Morgan fingerprint density at radius 3 is 2.75 bits per heavy atom. The maximum atomic E-state index is 11.8. The Morgan fingerprint density at radius 1 is 1.44 bits per heavy atom.